The number of rotatable bonds is 9. The van der Waals surface area contributed by atoms with Crippen LogP contribution in [0.25, 0.3) is 11.1 Å². The molecule has 0 saturated heterocycles. The smallest absolute Gasteiger partial charge is 0.272 e. The maximum atomic E-state index is 14.2. The highest BCUT2D eigenvalue weighted by Crippen LogP contribution is 2.29. The van der Waals surface area contributed by atoms with Crippen LogP contribution in [0.1, 0.15) is 57.8 Å². The van der Waals surface area contributed by atoms with Crippen molar-refractivity contribution in [1.82, 2.24) is 25.4 Å². The van der Waals surface area contributed by atoms with Gasteiger partial charge in [-0.1, -0.05) is 36.4 Å². The van der Waals surface area contributed by atoms with Gasteiger partial charge in [0.1, 0.15) is 22.8 Å². The molecule has 10 heteroatoms. The molecule has 3 N–H and O–H groups in total. The number of aromatic nitrogens is 3. The van der Waals surface area contributed by atoms with Crippen molar-refractivity contribution in [2.75, 3.05) is 6.61 Å². The van der Waals surface area contributed by atoms with Crippen molar-refractivity contribution in [3.63, 3.8) is 0 Å². The molecule has 0 unspecified atom stereocenters. The number of pyridine rings is 1. The van der Waals surface area contributed by atoms with Gasteiger partial charge in [-0.25, -0.2) is 9.37 Å². The molecule has 0 atom stereocenters. The molecule has 0 spiro atoms. The quantitative estimate of drug-likeness (QED) is 0.267. The number of amides is 2. The molecule has 1 saturated carbocycles. The Morgan fingerprint density at radius 1 is 0.976 bits per heavy atom. The molecule has 2 aromatic carbocycles. The lowest BCUT2D eigenvalue weighted by atomic mass is 9.91. The van der Waals surface area contributed by atoms with Crippen molar-refractivity contribution in [3.05, 3.63) is 95.2 Å². The molecule has 2 aromatic heterocycles. The van der Waals surface area contributed by atoms with Crippen LogP contribution in [0.4, 0.5) is 4.39 Å². The van der Waals surface area contributed by atoms with Gasteiger partial charge >= 0.3 is 0 Å². The predicted molar refractivity (Wildman–Crippen MR) is 156 cm³/mol. The van der Waals surface area contributed by atoms with Crippen LogP contribution in [0.5, 0.6) is 11.6 Å². The largest absolute Gasteiger partial charge is 0.438 e. The number of carbonyl (C=O) groups is 2. The minimum Gasteiger partial charge on any atom is -0.438 e. The van der Waals surface area contributed by atoms with E-state index >= 15 is 0 Å². The molecule has 4 aromatic rings. The predicted octanol–water partition coefficient (Wildman–Crippen LogP) is 4.73. The van der Waals surface area contributed by atoms with Gasteiger partial charge in [-0.15, -0.1) is 0 Å². The SMILES string of the molecule is Cc1cc(C(=O)NC2CCC(NC(=O)c3cc(F)cnc3Oc3cccc(-c4cccc(CCO)c4)c3)CC2)nn1C. The Kier molecular flexibility index (Phi) is 8.92. The van der Waals surface area contributed by atoms with Crippen molar-refractivity contribution in [1.29, 1.82) is 0 Å². The van der Waals surface area contributed by atoms with E-state index in [9.17, 15) is 19.1 Å². The summed E-state index contributed by atoms with van der Waals surface area (Å²) in [5, 5.41) is 19.5. The highest BCUT2D eigenvalue weighted by atomic mass is 19.1. The molecule has 5 rings (SSSR count). The lowest BCUT2D eigenvalue weighted by Crippen LogP contribution is -2.44. The number of halogens is 1. The summed E-state index contributed by atoms with van der Waals surface area (Å²) in [7, 11) is 1.79. The van der Waals surface area contributed by atoms with Crippen LogP contribution in [-0.4, -0.2) is 50.4 Å². The average molecular weight is 572 g/mol. The Labute approximate surface area is 243 Å². The second-order valence-corrected chi connectivity index (χ2v) is 10.6. The second-order valence-electron chi connectivity index (χ2n) is 10.6. The van der Waals surface area contributed by atoms with E-state index in [2.05, 4.69) is 20.7 Å². The third-order valence-electron chi connectivity index (χ3n) is 7.52. The Morgan fingerprint density at radius 3 is 2.31 bits per heavy atom. The van der Waals surface area contributed by atoms with E-state index in [1.54, 1.807) is 23.9 Å². The number of hydrogen-bond donors (Lipinski definition) is 3. The fourth-order valence-corrected chi connectivity index (χ4v) is 5.13. The molecule has 42 heavy (non-hydrogen) atoms. The molecule has 1 aliphatic carbocycles. The molecular formula is C32H34FN5O4. The van der Waals surface area contributed by atoms with Gasteiger partial charge in [0.2, 0.25) is 5.88 Å². The summed E-state index contributed by atoms with van der Waals surface area (Å²) < 4.78 is 21.8. The van der Waals surface area contributed by atoms with Crippen LogP contribution in [0.15, 0.2) is 66.9 Å². The van der Waals surface area contributed by atoms with Crippen LogP contribution in [0.3, 0.4) is 0 Å². The third-order valence-corrected chi connectivity index (χ3v) is 7.52. The van der Waals surface area contributed by atoms with E-state index in [1.807, 2.05) is 49.4 Å². The maximum absolute atomic E-state index is 14.2. The Hall–Kier alpha value is -4.57. The van der Waals surface area contributed by atoms with Gasteiger partial charge < -0.3 is 20.5 Å². The fourth-order valence-electron chi connectivity index (χ4n) is 5.13. The van der Waals surface area contributed by atoms with Crippen LogP contribution in [0.2, 0.25) is 0 Å². The van der Waals surface area contributed by atoms with E-state index in [1.165, 1.54) is 0 Å². The fraction of sp³-hybridized carbons (Fsp3) is 0.312. The minimum absolute atomic E-state index is 0.00583. The van der Waals surface area contributed by atoms with Gasteiger partial charge in [0, 0.05) is 31.4 Å². The van der Waals surface area contributed by atoms with Crippen molar-refractivity contribution >= 4 is 11.8 Å². The average Bonchev–Trinajstić information content (AvgIpc) is 3.33. The van der Waals surface area contributed by atoms with E-state index in [0.717, 1.165) is 34.6 Å². The first kappa shape index (κ1) is 28.9. The second kappa shape index (κ2) is 12.9. The summed E-state index contributed by atoms with van der Waals surface area (Å²) in [4.78, 5) is 29.9. The van der Waals surface area contributed by atoms with Crippen LogP contribution in [0, 0.1) is 12.7 Å². The Bertz CT molecular complexity index is 1560. The number of nitrogens with zero attached hydrogens (tertiary/aromatic N) is 3. The Balaban J connectivity index is 1.22. The van der Waals surface area contributed by atoms with Gasteiger partial charge in [0.25, 0.3) is 11.8 Å². The number of ether oxygens (including phenoxy) is 1. The van der Waals surface area contributed by atoms with E-state index in [0.29, 0.717) is 43.5 Å². The third kappa shape index (κ3) is 7.01. The summed E-state index contributed by atoms with van der Waals surface area (Å²) in [5.74, 6) is -0.862. The summed E-state index contributed by atoms with van der Waals surface area (Å²) in [6.45, 7) is 1.96. The Morgan fingerprint density at radius 2 is 1.64 bits per heavy atom. The number of aryl methyl sites for hydroxylation is 2. The maximum Gasteiger partial charge on any atom is 0.272 e. The summed E-state index contributed by atoms with van der Waals surface area (Å²) >= 11 is 0. The number of carbonyl (C=O) groups excluding carboxylic acids is 2. The van der Waals surface area contributed by atoms with Crippen molar-refractivity contribution in [3.8, 4) is 22.8 Å². The lowest BCUT2D eigenvalue weighted by Gasteiger charge is -2.29. The first-order valence-electron chi connectivity index (χ1n) is 14.0. The minimum atomic E-state index is -0.641. The number of benzene rings is 2. The molecular weight excluding hydrogens is 537 g/mol. The molecule has 1 fully saturated rings. The summed E-state index contributed by atoms with van der Waals surface area (Å²) in [6, 6.07) is 17.9. The van der Waals surface area contributed by atoms with Crippen LogP contribution in [-0.2, 0) is 13.5 Å². The summed E-state index contributed by atoms with van der Waals surface area (Å²) in [5.41, 5.74) is 4.16. The molecule has 0 radical (unpaired) electrons. The molecule has 2 amide bonds. The molecule has 0 aliphatic heterocycles. The van der Waals surface area contributed by atoms with Crippen LogP contribution < -0.4 is 15.4 Å². The number of nitrogens with one attached hydrogen (secondary N) is 2. The number of hydrogen-bond acceptors (Lipinski definition) is 6. The molecule has 9 nitrogen and oxygen atoms in total. The normalized spacial score (nSPS) is 16.6. The van der Waals surface area contributed by atoms with E-state index < -0.39 is 11.7 Å². The number of aliphatic hydroxyl groups is 1. The van der Waals surface area contributed by atoms with Crippen molar-refractivity contribution in [2.24, 2.45) is 7.05 Å². The van der Waals surface area contributed by atoms with Gasteiger partial charge in [-0.3, -0.25) is 14.3 Å². The summed E-state index contributed by atoms with van der Waals surface area (Å²) in [6.07, 6.45) is 4.29. The van der Waals surface area contributed by atoms with Gasteiger partial charge in [-0.2, -0.15) is 5.10 Å². The highest BCUT2D eigenvalue weighted by Gasteiger charge is 2.26. The topological polar surface area (TPSA) is 118 Å². The van der Waals surface area contributed by atoms with Gasteiger partial charge in [0.05, 0.1) is 6.20 Å². The first-order chi connectivity index (χ1) is 20.3. The zero-order valence-electron chi connectivity index (χ0n) is 23.6. The van der Waals surface area contributed by atoms with Crippen molar-refractivity contribution < 1.29 is 23.8 Å². The van der Waals surface area contributed by atoms with E-state index in [-0.39, 0.29) is 36.0 Å². The zero-order chi connectivity index (χ0) is 29.6. The zero-order valence-corrected chi connectivity index (χ0v) is 23.6. The standard InChI is InChI=1S/C32H34FN5O4/c1-20-15-29(37-38(20)2)31(41)36-26-11-9-25(10-12-26)35-30(40)28-18-24(33)19-34-32(28)42-27-8-4-7-23(17-27)22-6-3-5-21(16-22)13-14-39/h3-8,15-19,25-26,39H,9-14H2,1-2H3,(H,35,40)(H,36,41). The highest BCUT2D eigenvalue weighted by molar-refractivity contribution is 5.96. The van der Waals surface area contributed by atoms with Gasteiger partial charge in [-0.05, 0) is 80.0 Å². The molecule has 218 valence electrons. The first-order valence-corrected chi connectivity index (χ1v) is 14.0. The monoisotopic (exact) mass is 571 g/mol. The molecule has 0 bridgehead atoms. The molecule has 1 aliphatic rings. The number of aliphatic hydroxyl groups excluding tert-OH is 1. The van der Waals surface area contributed by atoms with Crippen molar-refractivity contribution in [2.45, 2.75) is 51.1 Å². The lowest BCUT2D eigenvalue weighted by molar-refractivity contribution is 0.0887. The molecule has 2 heterocycles. The van der Waals surface area contributed by atoms with Crippen LogP contribution >= 0.6 is 0 Å². The van der Waals surface area contributed by atoms with Gasteiger partial charge in [0.15, 0.2) is 0 Å². The van der Waals surface area contributed by atoms with E-state index in [4.69, 9.17) is 4.74 Å².